The number of benzene rings is 2. The van der Waals surface area contributed by atoms with Gasteiger partial charge in [-0.2, -0.15) is 0 Å². The van der Waals surface area contributed by atoms with E-state index in [2.05, 4.69) is 79.1 Å². The van der Waals surface area contributed by atoms with E-state index in [0.717, 1.165) is 35.4 Å². The number of carboxylic acids is 3. The molecule has 4 aromatic rings. The SMILES string of the molecule is CC(=O)N[C@@H](CC(=O)O)C(=O)N[C@H]1CSSC[C@@H](C(=O)N[C@H](C(=O)O)[C@@H](C)O)NC(=O)[C@H](Cc2c[nH]c3ccccc23)NC(=O)[C@H](C(C)C)NC(=O)[C@H](CC(C)C)NC(=O)[C@H](CCC(=O)O)NC(=O)CNC(=O)[C@H](CC(C)C)NC(=O)[C@H](C)NC(=O)[C@H](Cc2c[nH]c3ccccc23)NC(=O)[C@H](C)NC1=O. The van der Waals surface area contributed by atoms with Crippen molar-refractivity contribution in [1.29, 1.82) is 0 Å². The number of para-hydroxylation sites is 2. The Morgan fingerprint density at radius 2 is 1.01 bits per heavy atom. The van der Waals surface area contributed by atoms with Crippen LogP contribution in [0.3, 0.4) is 0 Å². The van der Waals surface area contributed by atoms with Crippen LogP contribution in [0, 0.1) is 17.8 Å². The van der Waals surface area contributed by atoms with Gasteiger partial charge in [0.2, 0.25) is 76.8 Å². The number of carboxylic acid groups (broad SMARTS) is 3. The number of fused-ring (bicyclic) bond motifs is 2. The minimum Gasteiger partial charge on any atom is -0.481 e. The van der Waals surface area contributed by atoms with Gasteiger partial charge in [-0.3, -0.25) is 71.9 Å². The molecule has 0 spiro atoms. The maximum atomic E-state index is 15.0. The zero-order valence-corrected chi connectivity index (χ0v) is 61.4. The summed E-state index contributed by atoms with van der Waals surface area (Å²) in [5.41, 5.74) is 2.22. The summed E-state index contributed by atoms with van der Waals surface area (Å²) in [4.78, 5) is 227. The van der Waals surface area contributed by atoms with E-state index >= 15 is 4.79 Å². The third-order valence-electron chi connectivity index (χ3n) is 16.6. The molecule has 1 saturated heterocycles. The van der Waals surface area contributed by atoms with Crippen molar-refractivity contribution in [1.82, 2.24) is 79.1 Å². The highest BCUT2D eigenvalue weighted by Gasteiger charge is 2.38. The number of H-pyrrole nitrogens is 2. The summed E-state index contributed by atoms with van der Waals surface area (Å²) >= 11 is 0. The molecule has 19 N–H and O–H groups in total. The van der Waals surface area contributed by atoms with Gasteiger partial charge in [-0.05, 0) is 81.0 Å². The molecule has 0 radical (unpaired) electrons. The Balaban J connectivity index is 1.62. The molecule has 0 saturated carbocycles. The molecular formula is C68H95N15O20S2. The largest absolute Gasteiger partial charge is 0.481 e. The number of hydrogen-bond donors (Lipinski definition) is 19. The fourth-order valence-electron chi connectivity index (χ4n) is 11.0. The number of nitrogens with one attached hydrogen (secondary N) is 15. The first-order chi connectivity index (χ1) is 49.4. The number of carbonyl (C=O) groups excluding carboxylic acids is 13. The lowest BCUT2D eigenvalue weighted by atomic mass is 9.98. The average molecular weight is 1510 g/mol. The van der Waals surface area contributed by atoms with Crippen LogP contribution in [-0.4, -0.2) is 222 Å². The molecular weight excluding hydrogens is 1410 g/mol. The minimum absolute atomic E-state index is 0.0204. The van der Waals surface area contributed by atoms with Gasteiger partial charge in [-0.15, -0.1) is 0 Å². The van der Waals surface area contributed by atoms with Gasteiger partial charge in [0.25, 0.3) is 0 Å². The molecule has 1 fully saturated rings. The summed E-state index contributed by atoms with van der Waals surface area (Å²) in [6, 6.07) is -5.61. The van der Waals surface area contributed by atoms with Crippen molar-refractivity contribution >= 4 is 138 Å². The normalized spacial score (nSPS) is 23.4. The highest BCUT2D eigenvalue weighted by molar-refractivity contribution is 8.76. The molecule has 3 heterocycles. The van der Waals surface area contributed by atoms with Gasteiger partial charge in [-0.25, -0.2) is 4.79 Å². The summed E-state index contributed by atoms with van der Waals surface area (Å²) in [6.45, 7) is 13.7. The first-order valence-corrected chi connectivity index (χ1v) is 36.5. The Morgan fingerprint density at radius 3 is 1.51 bits per heavy atom. The van der Waals surface area contributed by atoms with Gasteiger partial charge >= 0.3 is 17.9 Å². The Kier molecular flexibility index (Phi) is 33.1. The highest BCUT2D eigenvalue weighted by atomic mass is 33.1. The van der Waals surface area contributed by atoms with Gasteiger partial charge in [0.15, 0.2) is 6.04 Å². The Morgan fingerprint density at radius 1 is 0.533 bits per heavy atom. The van der Waals surface area contributed by atoms with Crippen LogP contribution >= 0.6 is 21.6 Å². The molecule has 574 valence electrons. The van der Waals surface area contributed by atoms with Gasteiger partial charge in [0, 0.05) is 71.9 Å². The molecule has 37 heteroatoms. The molecule has 0 aliphatic carbocycles. The zero-order chi connectivity index (χ0) is 78.1. The number of aromatic nitrogens is 2. The van der Waals surface area contributed by atoms with Crippen LogP contribution in [0.15, 0.2) is 60.9 Å². The van der Waals surface area contributed by atoms with E-state index in [1.54, 1.807) is 102 Å². The summed E-state index contributed by atoms with van der Waals surface area (Å²) in [5.74, 6) is -20.1. The third kappa shape index (κ3) is 27.0. The van der Waals surface area contributed by atoms with E-state index in [1.807, 2.05) is 0 Å². The zero-order valence-electron chi connectivity index (χ0n) is 59.7. The third-order valence-corrected chi connectivity index (χ3v) is 19.0. The maximum absolute atomic E-state index is 15.0. The molecule has 2 aromatic carbocycles. The monoisotopic (exact) mass is 1510 g/mol. The molecule has 35 nitrogen and oxygen atoms in total. The highest BCUT2D eigenvalue weighted by Crippen LogP contribution is 2.25. The molecule has 1 aliphatic heterocycles. The van der Waals surface area contributed by atoms with Crippen LogP contribution < -0.4 is 69.1 Å². The van der Waals surface area contributed by atoms with Crippen molar-refractivity contribution in [2.75, 3.05) is 18.1 Å². The van der Waals surface area contributed by atoms with Gasteiger partial charge < -0.3 is 99.5 Å². The number of aliphatic hydroxyl groups is 1. The fourth-order valence-corrected chi connectivity index (χ4v) is 13.4. The van der Waals surface area contributed by atoms with Crippen molar-refractivity contribution in [3.05, 3.63) is 72.1 Å². The van der Waals surface area contributed by atoms with Crippen LogP contribution in [0.2, 0.25) is 0 Å². The Hall–Kier alpha value is -10.3. The molecule has 13 atom stereocenters. The Labute approximate surface area is 612 Å². The molecule has 13 amide bonds. The number of aliphatic carboxylic acids is 3. The fraction of sp³-hybridized carbons (Fsp3) is 0.529. The van der Waals surface area contributed by atoms with Crippen molar-refractivity contribution < 1.29 is 97.1 Å². The van der Waals surface area contributed by atoms with E-state index in [1.165, 1.54) is 13.8 Å². The average Bonchev–Trinajstić information content (AvgIpc) is 1.69. The van der Waals surface area contributed by atoms with Crippen molar-refractivity contribution in [3.8, 4) is 0 Å². The second-order valence-corrected chi connectivity index (χ2v) is 29.3. The second kappa shape index (κ2) is 40.7. The quantitative estimate of drug-likeness (QED) is 0.0417. The number of hydrogen-bond acceptors (Lipinski definition) is 19. The topological polar surface area (TPSA) is 542 Å². The summed E-state index contributed by atoms with van der Waals surface area (Å²) in [5, 5.41) is 73.4. The predicted molar refractivity (Wildman–Crippen MR) is 384 cm³/mol. The molecule has 105 heavy (non-hydrogen) atoms. The number of aromatic amines is 2. The lowest BCUT2D eigenvalue weighted by molar-refractivity contribution is -0.145. The van der Waals surface area contributed by atoms with Crippen LogP contribution in [0.5, 0.6) is 0 Å². The van der Waals surface area contributed by atoms with Gasteiger partial charge in [0.1, 0.15) is 66.5 Å². The predicted octanol–water partition coefficient (Wildman–Crippen LogP) is -1.62. The molecule has 2 aromatic heterocycles. The van der Waals surface area contributed by atoms with E-state index in [9.17, 15) is 92.3 Å². The smallest absolute Gasteiger partial charge is 0.328 e. The number of amides is 13. The molecule has 1 aliphatic rings. The molecule has 0 bridgehead atoms. The summed E-state index contributed by atoms with van der Waals surface area (Å²) in [6.07, 6.45) is -1.41. The maximum Gasteiger partial charge on any atom is 0.328 e. The first-order valence-electron chi connectivity index (χ1n) is 34.0. The number of rotatable bonds is 21. The van der Waals surface area contributed by atoms with E-state index in [-0.39, 0.29) is 37.5 Å². The lowest BCUT2D eigenvalue weighted by Crippen LogP contribution is -2.61. The van der Waals surface area contributed by atoms with E-state index in [0.29, 0.717) is 32.9 Å². The van der Waals surface area contributed by atoms with Crippen LogP contribution in [0.1, 0.15) is 112 Å². The van der Waals surface area contributed by atoms with Crippen molar-refractivity contribution in [2.45, 2.75) is 193 Å². The number of aliphatic hydroxyl groups excluding tert-OH is 1. The van der Waals surface area contributed by atoms with Crippen LogP contribution in [0.4, 0.5) is 0 Å². The van der Waals surface area contributed by atoms with Gasteiger partial charge in [-0.1, -0.05) is 99.5 Å². The number of carbonyl (C=O) groups is 16. The summed E-state index contributed by atoms with van der Waals surface area (Å²) < 4.78 is 0. The van der Waals surface area contributed by atoms with Crippen LogP contribution in [-0.2, 0) is 89.6 Å². The Bertz CT molecular complexity index is 3810. The van der Waals surface area contributed by atoms with Crippen molar-refractivity contribution in [3.63, 3.8) is 0 Å². The lowest BCUT2D eigenvalue weighted by Gasteiger charge is -2.29. The van der Waals surface area contributed by atoms with E-state index < -0.39 is 217 Å². The van der Waals surface area contributed by atoms with Crippen LogP contribution in [0.25, 0.3) is 21.8 Å². The standard InChI is InChI=1S/C68H95N15O20S2/c1-31(2)21-45-59(93)71-28-52(86)75-44(19-20-53(87)88)60(94)78-46(22-32(3)4)64(98)82-55(33(5)6)67(101)79-48(24-39-27-70-43-18-14-12-16-41(39)43)62(96)81-51(66(100)83-56(36(9)84)68(102)103)30-105-104-29-50(80-63(97)49(25-54(89)90)74-37(10)85)65(99)73-35(8)58(92)77-47(61(95)72-34(7)57(91)76-45)23-38-26-69-42-17-13-11-15-40(38)42/h11-18,26-27,31-36,44-51,55-56,69-70,84H,19-25,28-30H2,1-10H3,(H,71,93)(H,72,95)(H,73,99)(H,74,85)(H,75,86)(H,76,91)(H,77,92)(H,78,94)(H,79,101)(H,80,97)(H,81,96)(H,82,98)(H,83,100)(H,87,88)(H,89,90)(H,102,103)/t34-,35-,36+,44-,45-,46-,47-,48-,49-,50-,51-,55-,56-/m0/s1. The first kappa shape index (κ1) is 85.3. The second-order valence-electron chi connectivity index (χ2n) is 26.7. The molecule has 0 unspecified atom stereocenters. The van der Waals surface area contributed by atoms with E-state index in [4.69, 9.17) is 0 Å². The molecule has 5 rings (SSSR count). The minimum atomic E-state index is -1.96. The van der Waals surface area contributed by atoms with Crippen molar-refractivity contribution in [2.24, 2.45) is 17.8 Å². The van der Waals surface area contributed by atoms with Gasteiger partial charge in [0.05, 0.1) is 19.1 Å². The summed E-state index contributed by atoms with van der Waals surface area (Å²) in [7, 11) is 1.49.